The van der Waals surface area contributed by atoms with Gasteiger partial charge in [-0.2, -0.15) is 13.2 Å². The quantitative estimate of drug-likeness (QED) is 0.483. The lowest BCUT2D eigenvalue weighted by Crippen LogP contribution is -2.36. The minimum Gasteiger partial charge on any atom is -0.484 e. The molecule has 0 aliphatic rings. The van der Waals surface area contributed by atoms with Crippen molar-refractivity contribution >= 4 is 16.7 Å². The molecule has 3 rings (SSSR count). The summed E-state index contributed by atoms with van der Waals surface area (Å²) >= 11 is 0. The Morgan fingerprint density at radius 2 is 1.72 bits per heavy atom. The number of halogens is 3. The molecular formula is C21H21F3N4O. The number of hydrogen-bond acceptors (Lipinski definition) is 3. The molecule has 0 bridgehead atoms. The summed E-state index contributed by atoms with van der Waals surface area (Å²) in [6, 6.07) is 16.4. The smallest absolute Gasteiger partial charge is 0.422 e. The number of aromatic nitrogens is 1. The fourth-order valence-corrected chi connectivity index (χ4v) is 2.77. The molecule has 0 aliphatic carbocycles. The third-order valence-electron chi connectivity index (χ3n) is 4.19. The summed E-state index contributed by atoms with van der Waals surface area (Å²) in [5.41, 5.74) is 1.80. The van der Waals surface area contributed by atoms with E-state index in [9.17, 15) is 13.2 Å². The Balaban J connectivity index is 1.53. The van der Waals surface area contributed by atoms with Crippen molar-refractivity contribution in [3.8, 4) is 5.75 Å². The molecule has 0 fully saturated rings. The number of guanidine groups is 1. The van der Waals surface area contributed by atoms with Crippen LogP contribution >= 0.6 is 0 Å². The van der Waals surface area contributed by atoms with Gasteiger partial charge in [0.25, 0.3) is 0 Å². The molecule has 1 aromatic heterocycles. The fraction of sp³-hybridized carbons (Fsp3) is 0.238. The number of hydrogen-bond donors (Lipinski definition) is 2. The Labute approximate surface area is 166 Å². The van der Waals surface area contributed by atoms with Gasteiger partial charge in [-0.1, -0.05) is 36.4 Å². The van der Waals surface area contributed by atoms with Gasteiger partial charge in [-0.15, -0.1) is 0 Å². The van der Waals surface area contributed by atoms with E-state index in [4.69, 9.17) is 4.74 Å². The van der Waals surface area contributed by atoms with Gasteiger partial charge in [-0.3, -0.25) is 9.98 Å². The lowest BCUT2D eigenvalue weighted by atomic mass is 10.1. The van der Waals surface area contributed by atoms with Crippen LogP contribution in [-0.4, -0.2) is 30.8 Å². The van der Waals surface area contributed by atoms with Gasteiger partial charge in [0.15, 0.2) is 12.6 Å². The Morgan fingerprint density at radius 1 is 1.00 bits per heavy atom. The van der Waals surface area contributed by atoms with E-state index in [1.165, 1.54) is 12.1 Å². The van der Waals surface area contributed by atoms with Crippen LogP contribution in [0.5, 0.6) is 5.75 Å². The Kier molecular flexibility index (Phi) is 6.54. The largest absolute Gasteiger partial charge is 0.484 e. The van der Waals surface area contributed by atoms with E-state index in [-0.39, 0.29) is 5.75 Å². The number of fused-ring (bicyclic) bond motifs is 1. The lowest BCUT2D eigenvalue weighted by Gasteiger charge is -2.13. The summed E-state index contributed by atoms with van der Waals surface area (Å²) < 4.78 is 41.3. The fourth-order valence-electron chi connectivity index (χ4n) is 2.77. The zero-order chi connectivity index (χ0) is 20.7. The number of nitrogens with one attached hydrogen (secondary N) is 2. The lowest BCUT2D eigenvalue weighted by molar-refractivity contribution is -0.153. The summed E-state index contributed by atoms with van der Waals surface area (Å²) in [6.45, 7) is -0.337. The second kappa shape index (κ2) is 9.27. The van der Waals surface area contributed by atoms with Gasteiger partial charge < -0.3 is 15.4 Å². The molecule has 1 heterocycles. The molecule has 2 aromatic carbocycles. The number of ether oxygens (including phenoxy) is 1. The van der Waals surface area contributed by atoms with Crippen molar-refractivity contribution in [2.24, 2.45) is 4.99 Å². The number of benzene rings is 2. The zero-order valence-electron chi connectivity index (χ0n) is 15.8. The van der Waals surface area contributed by atoms with Crippen molar-refractivity contribution in [3.05, 3.63) is 72.1 Å². The van der Waals surface area contributed by atoms with Crippen LogP contribution in [0.1, 0.15) is 11.3 Å². The van der Waals surface area contributed by atoms with E-state index in [2.05, 4.69) is 20.6 Å². The van der Waals surface area contributed by atoms with Crippen LogP contribution in [0.4, 0.5) is 13.2 Å². The number of rotatable bonds is 6. The SMILES string of the molecule is CN=C(NCc1ccc(OCC(F)(F)F)cc1)NCc1nccc2ccccc12. The highest BCUT2D eigenvalue weighted by Gasteiger charge is 2.28. The topological polar surface area (TPSA) is 58.5 Å². The summed E-state index contributed by atoms with van der Waals surface area (Å²) in [7, 11) is 1.67. The molecule has 0 radical (unpaired) electrons. The first kappa shape index (κ1) is 20.4. The molecule has 29 heavy (non-hydrogen) atoms. The average molecular weight is 402 g/mol. The van der Waals surface area contributed by atoms with Gasteiger partial charge >= 0.3 is 6.18 Å². The Hall–Kier alpha value is -3.29. The zero-order valence-corrected chi connectivity index (χ0v) is 15.8. The third-order valence-corrected chi connectivity index (χ3v) is 4.19. The maximum Gasteiger partial charge on any atom is 0.422 e. The van der Waals surface area contributed by atoms with Crippen molar-refractivity contribution in [3.63, 3.8) is 0 Å². The molecule has 3 aromatic rings. The van der Waals surface area contributed by atoms with Crippen molar-refractivity contribution in [1.29, 1.82) is 0 Å². The molecule has 0 atom stereocenters. The number of nitrogens with zero attached hydrogens (tertiary/aromatic N) is 2. The van der Waals surface area contributed by atoms with Gasteiger partial charge in [-0.25, -0.2) is 0 Å². The molecular weight excluding hydrogens is 381 g/mol. The van der Waals surface area contributed by atoms with Crippen molar-refractivity contribution < 1.29 is 17.9 Å². The summed E-state index contributed by atoms with van der Waals surface area (Å²) in [5.74, 6) is 0.771. The Bertz CT molecular complexity index is 966. The first-order chi connectivity index (χ1) is 13.9. The van der Waals surface area contributed by atoms with Crippen LogP contribution in [0.25, 0.3) is 10.8 Å². The third kappa shape index (κ3) is 6.10. The van der Waals surface area contributed by atoms with Gasteiger partial charge in [-0.05, 0) is 29.1 Å². The second-order valence-electron chi connectivity index (χ2n) is 6.31. The van der Waals surface area contributed by atoms with Gasteiger partial charge in [0.2, 0.25) is 0 Å². The van der Waals surface area contributed by atoms with E-state index in [1.807, 2.05) is 30.3 Å². The number of aliphatic imine (C=N–C) groups is 1. The predicted molar refractivity (Wildman–Crippen MR) is 107 cm³/mol. The van der Waals surface area contributed by atoms with Crippen LogP contribution in [0, 0.1) is 0 Å². The Morgan fingerprint density at radius 3 is 2.45 bits per heavy atom. The van der Waals surface area contributed by atoms with E-state index in [1.54, 1.807) is 25.4 Å². The number of pyridine rings is 1. The molecule has 0 saturated carbocycles. The minimum absolute atomic E-state index is 0.176. The van der Waals surface area contributed by atoms with Crippen LogP contribution in [0.3, 0.4) is 0 Å². The maximum absolute atomic E-state index is 12.2. The predicted octanol–water partition coefficient (Wildman–Crippen LogP) is 4.04. The molecule has 152 valence electrons. The van der Waals surface area contributed by atoms with Gasteiger partial charge in [0, 0.05) is 25.2 Å². The second-order valence-corrected chi connectivity index (χ2v) is 6.31. The summed E-state index contributed by atoms with van der Waals surface area (Å²) in [5, 5.41) is 8.59. The molecule has 0 aliphatic heterocycles. The van der Waals surface area contributed by atoms with Crippen LogP contribution in [-0.2, 0) is 13.1 Å². The van der Waals surface area contributed by atoms with Crippen molar-refractivity contribution in [2.45, 2.75) is 19.3 Å². The van der Waals surface area contributed by atoms with Crippen LogP contribution < -0.4 is 15.4 Å². The molecule has 8 heteroatoms. The highest BCUT2D eigenvalue weighted by molar-refractivity contribution is 5.85. The average Bonchev–Trinajstić information content (AvgIpc) is 2.72. The van der Waals surface area contributed by atoms with Crippen LogP contribution in [0.15, 0.2) is 65.8 Å². The van der Waals surface area contributed by atoms with E-state index < -0.39 is 12.8 Å². The molecule has 0 spiro atoms. The first-order valence-electron chi connectivity index (χ1n) is 9.00. The summed E-state index contributed by atoms with van der Waals surface area (Å²) in [6.07, 6.45) is -2.57. The molecule has 0 unspecified atom stereocenters. The van der Waals surface area contributed by atoms with Crippen molar-refractivity contribution in [2.75, 3.05) is 13.7 Å². The van der Waals surface area contributed by atoms with E-state index >= 15 is 0 Å². The van der Waals surface area contributed by atoms with Crippen LogP contribution in [0.2, 0.25) is 0 Å². The van der Waals surface area contributed by atoms with E-state index in [0.29, 0.717) is 19.0 Å². The van der Waals surface area contributed by atoms with Crippen molar-refractivity contribution in [1.82, 2.24) is 15.6 Å². The van der Waals surface area contributed by atoms with Gasteiger partial charge in [0.1, 0.15) is 5.75 Å². The molecule has 2 N–H and O–H groups in total. The summed E-state index contributed by atoms with van der Waals surface area (Å²) in [4.78, 5) is 8.63. The highest BCUT2D eigenvalue weighted by atomic mass is 19.4. The number of alkyl halides is 3. The normalized spacial score (nSPS) is 12.1. The van der Waals surface area contributed by atoms with E-state index in [0.717, 1.165) is 22.0 Å². The molecule has 0 amide bonds. The highest BCUT2D eigenvalue weighted by Crippen LogP contribution is 2.19. The maximum atomic E-state index is 12.2. The monoisotopic (exact) mass is 402 g/mol. The van der Waals surface area contributed by atoms with Gasteiger partial charge in [0.05, 0.1) is 12.2 Å². The molecule has 0 saturated heterocycles. The first-order valence-corrected chi connectivity index (χ1v) is 9.00. The minimum atomic E-state index is -4.35. The standard InChI is InChI=1S/C21H21F3N4O/c1-25-20(28-13-19-18-5-3-2-4-16(18)10-11-26-19)27-12-15-6-8-17(9-7-15)29-14-21(22,23)24/h2-11H,12-14H2,1H3,(H2,25,27,28). The molecule has 5 nitrogen and oxygen atoms in total.